The molecule has 0 saturated carbocycles. The topological polar surface area (TPSA) is 84.9 Å². The van der Waals surface area contributed by atoms with Gasteiger partial charge in [0, 0.05) is 50.1 Å². The maximum absolute atomic E-state index is 13.3. The molecule has 2 aliphatic rings. The van der Waals surface area contributed by atoms with Crippen LogP contribution in [0.25, 0.3) is 0 Å². The number of methoxy groups -OCH3 is 1. The second-order valence-electron chi connectivity index (χ2n) is 8.38. The van der Waals surface area contributed by atoms with E-state index in [0.717, 1.165) is 28.4 Å². The van der Waals surface area contributed by atoms with Crippen LogP contribution >= 0.6 is 0 Å². The Hall–Kier alpha value is -3.01. The van der Waals surface area contributed by atoms with E-state index in [0.29, 0.717) is 56.4 Å². The van der Waals surface area contributed by atoms with E-state index in [2.05, 4.69) is 4.90 Å². The number of anilines is 1. The Balaban J connectivity index is 1.52. The van der Waals surface area contributed by atoms with Crippen LogP contribution in [-0.2, 0) is 34.1 Å². The minimum Gasteiger partial charge on any atom is -0.496 e. The molecule has 8 nitrogen and oxygen atoms in total. The minimum atomic E-state index is -3.60. The Labute approximate surface area is 200 Å². The molecule has 0 unspecified atom stereocenters. The highest BCUT2D eigenvalue weighted by Gasteiger charge is 2.32. The summed E-state index contributed by atoms with van der Waals surface area (Å²) in [4.78, 5) is 12.3. The number of hydrogen-bond acceptors (Lipinski definition) is 7. The standard InChI is InChI=1S/C25H28N4O4S/c1-32-23-10-6-5-7-19(23)17-24-26-22-11-12-29(34(30,31)20-8-3-2-4-9-20)18-21(22)25(27-24)28-13-15-33-16-14-28/h2-10H,11-18H2,1H3. The summed E-state index contributed by atoms with van der Waals surface area (Å²) in [5.41, 5.74) is 2.82. The number of morpholine rings is 1. The van der Waals surface area contributed by atoms with Crippen molar-refractivity contribution in [2.45, 2.75) is 24.3 Å². The maximum Gasteiger partial charge on any atom is 0.243 e. The number of rotatable bonds is 6. The van der Waals surface area contributed by atoms with Gasteiger partial charge in [-0.2, -0.15) is 4.31 Å². The zero-order valence-corrected chi connectivity index (χ0v) is 20.0. The van der Waals surface area contributed by atoms with Crippen molar-refractivity contribution in [1.82, 2.24) is 14.3 Å². The number of sulfonamides is 1. The number of ether oxygens (including phenoxy) is 2. The first kappa shape index (κ1) is 22.8. The average Bonchev–Trinajstić information content (AvgIpc) is 2.89. The summed E-state index contributed by atoms with van der Waals surface area (Å²) in [5, 5.41) is 0. The van der Waals surface area contributed by atoms with Gasteiger partial charge in [0.1, 0.15) is 17.4 Å². The Morgan fingerprint density at radius 3 is 2.47 bits per heavy atom. The number of fused-ring (bicyclic) bond motifs is 1. The molecule has 0 N–H and O–H groups in total. The second kappa shape index (κ2) is 9.69. The SMILES string of the molecule is COc1ccccc1Cc1nc2c(c(N3CCOCC3)n1)CN(S(=O)(=O)c1ccccc1)CC2. The fraction of sp³-hybridized carbons (Fsp3) is 0.360. The van der Waals surface area contributed by atoms with Gasteiger partial charge < -0.3 is 14.4 Å². The lowest BCUT2D eigenvalue weighted by Gasteiger charge is -2.34. The van der Waals surface area contributed by atoms with Crippen LogP contribution in [0, 0.1) is 0 Å². The van der Waals surface area contributed by atoms with Crippen LogP contribution in [0.1, 0.15) is 22.6 Å². The molecule has 2 aromatic carbocycles. The lowest BCUT2D eigenvalue weighted by molar-refractivity contribution is 0.122. The lowest BCUT2D eigenvalue weighted by Crippen LogP contribution is -2.41. The van der Waals surface area contributed by atoms with Crippen LogP contribution in [0.4, 0.5) is 5.82 Å². The summed E-state index contributed by atoms with van der Waals surface area (Å²) in [6.45, 7) is 3.30. The van der Waals surface area contributed by atoms with E-state index in [1.165, 1.54) is 4.31 Å². The Morgan fingerprint density at radius 2 is 1.71 bits per heavy atom. The molecule has 0 aliphatic carbocycles. The summed E-state index contributed by atoms with van der Waals surface area (Å²) in [7, 11) is -1.94. The molecule has 0 amide bonds. The summed E-state index contributed by atoms with van der Waals surface area (Å²) in [5.74, 6) is 2.33. The maximum atomic E-state index is 13.3. The van der Waals surface area contributed by atoms with Crippen molar-refractivity contribution >= 4 is 15.8 Å². The number of para-hydroxylation sites is 1. The molecular formula is C25H28N4O4S. The average molecular weight is 481 g/mol. The molecule has 0 atom stereocenters. The van der Waals surface area contributed by atoms with Crippen molar-refractivity contribution in [2.75, 3.05) is 44.9 Å². The van der Waals surface area contributed by atoms with Crippen LogP contribution in [-0.4, -0.2) is 62.6 Å². The van der Waals surface area contributed by atoms with Gasteiger partial charge >= 0.3 is 0 Å². The van der Waals surface area contributed by atoms with E-state index in [1.807, 2.05) is 30.3 Å². The predicted octanol–water partition coefficient (Wildman–Crippen LogP) is 2.66. The van der Waals surface area contributed by atoms with E-state index in [9.17, 15) is 8.42 Å². The molecule has 1 aromatic heterocycles. The van der Waals surface area contributed by atoms with Crippen molar-refractivity contribution in [3.05, 3.63) is 77.2 Å². The second-order valence-corrected chi connectivity index (χ2v) is 10.3. The molecule has 9 heteroatoms. The van der Waals surface area contributed by atoms with Crippen molar-refractivity contribution in [2.24, 2.45) is 0 Å². The molecular weight excluding hydrogens is 452 g/mol. The highest BCUT2D eigenvalue weighted by molar-refractivity contribution is 7.89. The third-order valence-corrected chi connectivity index (χ3v) is 8.14. The Morgan fingerprint density at radius 1 is 0.971 bits per heavy atom. The Bertz CT molecular complexity index is 1260. The van der Waals surface area contributed by atoms with E-state index < -0.39 is 10.0 Å². The van der Waals surface area contributed by atoms with E-state index in [1.54, 1.807) is 31.4 Å². The van der Waals surface area contributed by atoms with Gasteiger partial charge in [0.25, 0.3) is 0 Å². The van der Waals surface area contributed by atoms with Crippen molar-refractivity contribution in [1.29, 1.82) is 0 Å². The third-order valence-electron chi connectivity index (χ3n) is 6.28. The van der Waals surface area contributed by atoms with Crippen LogP contribution in [0.3, 0.4) is 0 Å². The van der Waals surface area contributed by atoms with Gasteiger partial charge in [-0.25, -0.2) is 18.4 Å². The first-order valence-corrected chi connectivity index (χ1v) is 12.9. The molecule has 0 radical (unpaired) electrons. The van der Waals surface area contributed by atoms with Gasteiger partial charge in [-0.3, -0.25) is 0 Å². The highest BCUT2D eigenvalue weighted by atomic mass is 32.2. The summed E-state index contributed by atoms with van der Waals surface area (Å²) < 4.78 is 39.2. The van der Waals surface area contributed by atoms with Crippen LogP contribution in [0.2, 0.25) is 0 Å². The van der Waals surface area contributed by atoms with Gasteiger partial charge in [0.05, 0.1) is 30.9 Å². The molecule has 5 rings (SSSR count). The summed E-state index contributed by atoms with van der Waals surface area (Å²) in [6, 6.07) is 16.5. The molecule has 3 heterocycles. The van der Waals surface area contributed by atoms with E-state index >= 15 is 0 Å². The molecule has 3 aromatic rings. The summed E-state index contributed by atoms with van der Waals surface area (Å²) in [6.07, 6.45) is 1.08. The fourth-order valence-corrected chi connectivity index (χ4v) is 5.93. The quantitative estimate of drug-likeness (QED) is 0.536. The molecule has 178 valence electrons. The van der Waals surface area contributed by atoms with E-state index in [4.69, 9.17) is 19.4 Å². The zero-order valence-electron chi connectivity index (χ0n) is 19.2. The van der Waals surface area contributed by atoms with Crippen molar-refractivity contribution in [3.63, 3.8) is 0 Å². The number of aromatic nitrogens is 2. The van der Waals surface area contributed by atoms with Gasteiger partial charge in [-0.05, 0) is 18.2 Å². The minimum absolute atomic E-state index is 0.258. The largest absolute Gasteiger partial charge is 0.496 e. The fourth-order valence-electron chi connectivity index (χ4n) is 4.50. The van der Waals surface area contributed by atoms with Crippen LogP contribution in [0.15, 0.2) is 59.5 Å². The Kier molecular flexibility index (Phi) is 6.49. The first-order valence-electron chi connectivity index (χ1n) is 11.4. The molecule has 0 spiro atoms. The summed E-state index contributed by atoms with van der Waals surface area (Å²) >= 11 is 0. The normalized spacial score (nSPS) is 16.8. The number of hydrogen-bond donors (Lipinski definition) is 0. The molecule has 1 saturated heterocycles. The number of nitrogens with zero attached hydrogens (tertiary/aromatic N) is 4. The molecule has 1 fully saturated rings. The number of benzene rings is 2. The van der Waals surface area contributed by atoms with Crippen molar-refractivity contribution in [3.8, 4) is 5.75 Å². The molecule has 0 bridgehead atoms. The molecule has 34 heavy (non-hydrogen) atoms. The predicted molar refractivity (Wildman–Crippen MR) is 129 cm³/mol. The van der Waals surface area contributed by atoms with Crippen LogP contribution < -0.4 is 9.64 Å². The van der Waals surface area contributed by atoms with Gasteiger partial charge in [0.2, 0.25) is 10.0 Å². The molecule has 2 aliphatic heterocycles. The zero-order chi connectivity index (χ0) is 23.5. The van der Waals surface area contributed by atoms with Crippen LogP contribution in [0.5, 0.6) is 5.75 Å². The first-order chi connectivity index (χ1) is 16.6. The smallest absolute Gasteiger partial charge is 0.243 e. The lowest BCUT2D eigenvalue weighted by atomic mass is 10.1. The van der Waals surface area contributed by atoms with E-state index in [-0.39, 0.29) is 6.54 Å². The highest BCUT2D eigenvalue weighted by Crippen LogP contribution is 2.31. The monoisotopic (exact) mass is 480 g/mol. The van der Waals surface area contributed by atoms with Gasteiger partial charge in [0.15, 0.2) is 0 Å². The third kappa shape index (κ3) is 4.51. The van der Waals surface area contributed by atoms with Gasteiger partial charge in [-0.1, -0.05) is 36.4 Å². The van der Waals surface area contributed by atoms with Gasteiger partial charge in [-0.15, -0.1) is 0 Å². The van der Waals surface area contributed by atoms with Crippen molar-refractivity contribution < 1.29 is 17.9 Å².